The molecular formula is C44H25N3O. The molecule has 3 heterocycles. The molecule has 6 aromatic carbocycles. The van der Waals surface area contributed by atoms with Crippen LogP contribution in [0.3, 0.4) is 0 Å². The molecule has 4 nitrogen and oxygen atoms in total. The standard InChI is InChI=1S/C44H25N3O/c1-2-9-27-23-28(16-15-24(27)7-1)42-44(46-43-29-11-4-3-8-25(29)17-19-32(43)45-42)47-33-20-18-26-10-5-12-30-31-13-6-14-35-38(31)41-36(48-35)22-21-34(47)40(41)39(33)37(26)30/h1-17,19-23,26H,18H2. The predicted molar refractivity (Wildman–Crippen MR) is 196 cm³/mol. The van der Waals surface area contributed by atoms with Crippen LogP contribution in [-0.2, 0) is 0 Å². The van der Waals surface area contributed by atoms with Crippen molar-refractivity contribution >= 4 is 82.6 Å². The summed E-state index contributed by atoms with van der Waals surface area (Å²) >= 11 is 0. The Morgan fingerprint density at radius 2 is 1.56 bits per heavy atom. The maximum absolute atomic E-state index is 6.55. The van der Waals surface area contributed by atoms with E-state index in [-0.39, 0.29) is 0 Å². The van der Waals surface area contributed by atoms with E-state index in [1.807, 2.05) is 0 Å². The molecule has 222 valence electrons. The van der Waals surface area contributed by atoms with Crippen molar-refractivity contribution < 1.29 is 4.42 Å². The van der Waals surface area contributed by atoms with Crippen molar-refractivity contribution in [3.8, 4) is 17.1 Å². The SMILES string of the molecule is C1=CC2CC=c3c4c5c6c(ccc5n3-c3nc5c(ccc7ccccc75)nc3-c3ccc5ccccc5c3)oc3cccc(c36)C(=C1)C=42. The van der Waals surface area contributed by atoms with Gasteiger partial charge in [0.25, 0.3) is 0 Å². The highest BCUT2D eigenvalue weighted by Gasteiger charge is 2.32. The van der Waals surface area contributed by atoms with E-state index >= 15 is 0 Å². The number of furan rings is 1. The monoisotopic (exact) mass is 611 g/mol. The topological polar surface area (TPSA) is 43.9 Å². The highest BCUT2D eigenvalue weighted by Crippen LogP contribution is 2.46. The Labute approximate surface area is 273 Å². The zero-order chi connectivity index (χ0) is 31.1. The number of benzene rings is 6. The van der Waals surface area contributed by atoms with E-state index in [1.54, 1.807) is 0 Å². The average Bonchev–Trinajstić information content (AvgIpc) is 3.65. The van der Waals surface area contributed by atoms with Crippen molar-refractivity contribution in [1.82, 2.24) is 14.5 Å². The average molecular weight is 612 g/mol. The fraction of sp³-hybridized carbons (Fsp3) is 0.0455. The smallest absolute Gasteiger partial charge is 0.165 e. The molecule has 1 atom stereocenters. The second kappa shape index (κ2) is 8.75. The van der Waals surface area contributed by atoms with Gasteiger partial charge in [-0.05, 0) is 69.6 Å². The van der Waals surface area contributed by atoms with Crippen molar-refractivity contribution in [3.05, 3.63) is 144 Å². The summed E-state index contributed by atoms with van der Waals surface area (Å²) in [6, 6.07) is 38.8. The molecule has 0 saturated heterocycles. The minimum absolute atomic E-state index is 0.314. The zero-order valence-corrected chi connectivity index (χ0v) is 25.7. The molecule has 9 aromatic rings. The third-order valence-corrected chi connectivity index (χ3v) is 10.8. The third-order valence-electron chi connectivity index (χ3n) is 10.8. The largest absolute Gasteiger partial charge is 0.456 e. The van der Waals surface area contributed by atoms with E-state index in [2.05, 4.69) is 138 Å². The summed E-state index contributed by atoms with van der Waals surface area (Å²) in [7, 11) is 0. The molecule has 0 spiro atoms. The lowest BCUT2D eigenvalue weighted by Crippen LogP contribution is -2.36. The fourth-order valence-corrected chi connectivity index (χ4v) is 8.75. The first-order valence-corrected chi connectivity index (χ1v) is 16.6. The van der Waals surface area contributed by atoms with Gasteiger partial charge >= 0.3 is 0 Å². The molecule has 0 fully saturated rings. The highest BCUT2D eigenvalue weighted by molar-refractivity contribution is 6.26. The first-order chi connectivity index (χ1) is 23.8. The van der Waals surface area contributed by atoms with Crippen molar-refractivity contribution in [1.29, 1.82) is 0 Å². The van der Waals surface area contributed by atoms with Gasteiger partial charge in [0, 0.05) is 38.2 Å². The number of aromatic nitrogens is 3. The molecule has 0 saturated carbocycles. The lowest BCUT2D eigenvalue weighted by atomic mass is 9.80. The summed E-state index contributed by atoms with van der Waals surface area (Å²) < 4.78 is 8.95. The maximum atomic E-state index is 6.55. The van der Waals surface area contributed by atoms with Crippen LogP contribution in [0.5, 0.6) is 0 Å². The number of hydrogen-bond acceptors (Lipinski definition) is 3. The molecule has 0 radical (unpaired) electrons. The molecule has 4 heteroatoms. The molecule has 0 N–H and O–H groups in total. The molecule has 0 bridgehead atoms. The Bertz CT molecular complexity index is 3150. The van der Waals surface area contributed by atoms with Crippen LogP contribution >= 0.6 is 0 Å². The van der Waals surface area contributed by atoms with Gasteiger partial charge in [0.15, 0.2) is 5.82 Å². The Hall–Kier alpha value is -6.26. The minimum Gasteiger partial charge on any atom is -0.456 e. The lowest BCUT2D eigenvalue weighted by molar-refractivity contribution is 0.669. The predicted octanol–water partition coefficient (Wildman–Crippen LogP) is 9.36. The van der Waals surface area contributed by atoms with Gasteiger partial charge in [-0.1, -0.05) is 103 Å². The molecule has 3 aliphatic carbocycles. The van der Waals surface area contributed by atoms with Crippen LogP contribution in [0.1, 0.15) is 12.0 Å². The summed E-state index contributed by atoms with van der Waals surface area (Å²) in [4.78, 5) is 11.1. The van der Waals surface area contributed by atoms with Crippen molar-refractivity contribution in [2.24, 2.45) is 5.92 Å². The molecule has 12 rings (SSSR count). The van der Waals surface area contributed by atoms with Crippen LogP contribution < -0.4 is 10.6 Å². The summed E-state index contributed by atoms with van der Waals surface area (Å²) in [6.45, 7) is 0. The van der Waals surface area contributed by atoms with Crippen LogP contribution in [-0.4, -0.2) is 14.5 Å². The van der Waals surface area contributed by atoms with E-state index in [4.69, 9.17) is 14.4 Å². The lowest BCUT2D eigenvalue weighted by Gasteiger charge is -2.24. The van der Waals surface area contributed by atoms with E-state index in [9.17, 15) is 0 Å². The number of nitrogens with zero attached hydrogens (tertiary/aromatic N) is 3. The molecule has 0 aliphatic heterocycles. The number of fused-ring (bicyclic) bond motifs is 5. The van der Waals surface area contributed by atoms with E-state index in [1.165, 1.54) is 54.2 Å². The van der Waals surface area contributed by atoms with Crippen LogP contribution in [0, 0.1) is 5.92 Å². The highest BCUT2D eigenvalue weighted by atomic mass is 16.3. The first-order valence-electron chi connectivity index (χ1n) is 16.6. The van der Waals surface area contributed by atoms with Gasteiger partial charge in [-0.15, -0.1) is 0 Å². The van der Waals surface area contributed by atoms with E-state index < -0.39 is 0 Å². The van der Waals surface area contributed by atoms with Gasteiger partial charge in [-0.2, -0.15) is 0 Å². The molecule has 3 aliphatic rings. The van der Waals surface area contributed by atoms with Crippen LogP contribution in [0.15, 0.2) is 132 Å². The first kappa shape index (κ1) is 24.9. The van der Waals surface area contributed by atoms with Crippen molar-refractivity contribution in [2.45, 2.75) is 6.42 Å². The van der Waals surface area contributed by atoms with Crippen LogP contribution in [0.2, 0.25) is 0 Å². The van der Waals surface area contributed by atoms with Gasteiger partial charge in [-0.25, -0.2) is 9.97 Å². The molecule has 1 unspecified atom stereocenters. The van der Waals surface area contributed by atoms with Crippen molar-refractivity contribution in [3.63, 3.8) is 0 Å². The van der Waals surface area contributed by atoms with E-state index in [0.717, 1.165) is 62.0 Å². The van der Waals surface area contributed by atoms with Gasteiger partial charge in [0.1, 0.15) is 16.9 Å². The summed E-state index contributed by atoms with van der Waals surface area (Å²) in [6.07, 6.45) is 10.3. The van der Waals surface area contributed by atoms with Gasteiger partial charge in [-0.3, -0.25) is 4.57 Å². The summed E-state index contributed by atoms with van der Waals surface area (Å²) in [5, 5.41) is 10.8. The van der Waals surface area contributed by atoms with Gasteiger partial charge in [0.05, 0.1) is 21.9 Å². The Morgan fingerprint density at radius 3 is 2.52 bits per heavy atom. The Morgan fingerprint density at radius 1 is 0.708 bits per heavy atom. The Kier molecular flexibility index (Phi) is 4.54. The zero-order valence-electron chi connectivity index (χ0n) is 25.7. The maximum Gasteiger partial charge on any atom is 0.165 e. The second-order valence-corrected chi connectivity index (χ2v) is 13.2. The molecule has 48 heavy (non-hydrogen) atoms. The molecule has 3 aromatic heterocycles. The van der Waals surface area contributed by atoms with Crippen LogP contribution in [0.4, 0.5) is 0 Å². The summed E-state index contributed by atoms with van der Waals surface area (Å²) in [5.41, 5.74) is 10.7. The molecular weight excluding hydrogens is 587 g/mol. The van der Waals surface area contributed by atoms with Gasteiger partial charge in [0.2, 0.25) is 0 Å². The minimum atomic E-state index is 0.314. The van der Waals surface area contributed by atoms with E-state index in [0.29, 0.717) is 5.92 Å². The van der Waals surface area contributed by atoms with Crippen molar-refractivity contribution in [2.75, 3.05) is 0 Å². The third kappa shape index (κ3) is 3.05. The van der Waals surface area contributed by atoms with Gasteiger partial charge < -0.3 is 4.42 Å². The van der Waals surface area contributed by atoms with Crippen LogP contribution in [0.25, 0.3) is 99.7 Å². The Balaban J connectivity index is 1.31. The second-order valence-electron chi connectivity index (χ2n) is 13.2. The number of allylic oxidation sites excluding steroid dienone is 4. The quantitative estimate of drug-likeness (QED) is 0.183. The normalized spacial score (nSPS) is 16.2. The fourth-order valence-electron chi connectivity index (χ4n) is 8.75. The summed E-state index contributed by atoms with van der Waals surface area (Å²) in [5.74, 6) is 1.16. The molecule has 0 amide bonds. The number of hydrogen-bond donors (Lipinski definition) is 0. The number of rotatable bonds is 2.